The van der Waals surface area contributed by atoms with Gasteiger partial charge < -0.3 is 11.1 Å². The van der Waals surface area contributed by atoms with Crippen LogP contribution in [0.25, 0.3) is 0 Å². The summed E-state index contributed by atoms with van der Waals surface area (Å²) in [6.07, 6.45) is 0.476. The van der Waals surface area contributed by atoms with Crippen molar-refractivity contribution in [2.75, 3.05) is 13.1 Å². The van der Waals surface area contributed by atoms with E-state index in [4.69, 9.17) is 11.0 Å². The molecule has 0 fully saturated rings. The Hall–Kier alpha value is -1.37. The minimum Gasteiger partial charge on any atom is -0.329 e. The molecule has 14 heavy (non-hydrogen) atoms. The lowest BCUT2D eigenvalue weighted by Gasteiger charge is -2.15. The molecule has 1 aromatic rings. The molecule has 0 heterocycles. The predicted octanol–water partition coefficient (Wildman–Crippen LogP) is 1.19. The van der Waals surface area contributed by atoms with E-state index in [0.717, 1.165) is 12.1 Å². The number of nitrogens with zero attached hydrogens (tertiary/aromatic N) is 1. The number of nitrogens with one attached hydrogen (secondary N) is 1. The lowest BCUT2D eigenvalue weighted by Crippen LogP contribution is -2.27. The molecule has 0 aliphatic rings. The van der Waals surface area contributed by atoms with E-state index < -0.39 is 0 Å². The molecule has 0 saturated heterocycles. The van der Waals surface area contributed by atoms with Crippen LogP contribution in [0.1, 0.15) is 18.0 Å². The zero-order chi connectivity index (χ0) is 10.2. The number of benzene rings is 1. The zero-order valence-electron chi connectivity index (χ0n) is 8.11. The second kappa shape index (κ2) is 6.14. The van der Waals surface area contributed by atoms with Crippen molar-refractivity contribution < 1.29 is 0 Å². The summed E-state index contributed by atoms with van der Waals surface area (Å²) in [7, 11) is 0. The van der Waals surface area contributed by atoms with Gasteiger partial charge in [0, 0.05) is 19.1 Å². The summed E-state index contributed by atoms with van der Waals surface area (Å²) in [5.74, 6) is 0. The monoisotopic (exact) mass is 189 g/mol. The van der Waals surface area contributed by atoms with Crippen LogP contribution < -0.4 is 11.1 Å². The Bertz CT molecular complexity index is 289. The van der Waals surface area contributed by atoms with Crippen LogP contribution in [-0.4, -0.2) is 13.1 Å². The Morgan fingerprint density at radius 2 is 2.07 bits per heavy atom. The molecular formula is C11H15N3. The van der Waals surface area contributed by atoms with Gasteiger partial charge in [-0.2, -0.15) is 5.26 Å². The van der Waals surface area contributed by atoms with Crippen molar-refractivity contribution in [3.8, 4) is 6.07 Å². The molecule has 1 atom stereocenters. The summed E-state index contributed by atoms with van der Waals surface area (Å²) in [5, 5.41) is 11.9. The second-order valence-electron chi connectivity index (χ2n) is 3.07. The molecular weight excluding hydrogens is 174 g/mol. The summed E-state index contributed by atoms with van der Waals surface area (Å²) >= 11 is 0. The molecule has 0 saturated carbocycles. The van der Waals surface area contributed by atoms with Gasteiger partial charge in [-0.15, -0.1) is 0 Å². The summed E-state index contributed by atoms with van der Waals surface area (Å²) in [6.45, 7) is 1.33. The summed E-state index contributed by atoms with van der Waals surface area (Å²) in [6, 6.07) is 12.2. The van der Waals surface area contributed by atoms with E-state index in [-0.39, 0.29) is 6.04 Å². The fraction of sp³-hybridized carbons (Fsp3) is 0.364. The Labute approximate surface area is 84.5 Å². The van der Waals surface area contributed by atoms with Crippen molar-refractivity contribution in [3.63, 3.8) is 0 Å². The second-order valence-corrected chi connectivity index (χ2v) is 3.07. The quantitative estimate of drug-likeness (QED) is 0.731. The van der Waals surface area contributed by atoms with Crippen LogP contribution >= 0.6 is 0 Å². The fourth-order valence-electron chi connectivity index (χ4n) is 1.34. The van der Waals surface area contributed by atoms with Crippen LogP contribution in [0.3, 0.4) is 0 Å². The maximum Gasteiger partial charge on any atom is 0.0641 e. The highest BCUT2D eigenvalue weighted by molar-refractivity contribution is 5.19. The van der Waals surface area contributed by atoms with Crippen LogP contribution in [0.5, 0.6) is 0 Å². The number of hydrogen-bond donors (Lipinski definition) is 2. The summed E-state index contributed by atoms with van der Waals surface area (Å²) in [4.78, 5) is 0. The summed E-state index contributed by atoms with van der Waals surface area (Å²) < 4.78 is 0. The van der Waals surface area contributed by atoms with Gasteiger partial charge in [0.25, 0.3) is 0 Å². The summed E-state index contributed by atoms with van der Waals surface area (Å²) in [5.41, 5.74) is 6.55. The molecule has 3 heteroatoms. The first-order valence-electron chi connectivity index (χ1n) is 4.74. The van der Waals surface area contributed by atoms with E-state index >= 15 is 0 Å². The highest BCUT2D eigenvalue weighted by atomic mass is 14.9. The van der Waals surface area contributed by atoms with Crippen LogP contribution in [0.2, 0.25) is 0 Å². The van der Waals surface area contributed by atoms with Crippen LogP contribution in [0.15, 0.2) is 30.3 Å². The Kier molecular flexibility index (Phi) is 4.70. The van der Waals surface area contributed by atoms with Crippen molar-refractivity contribution in [2.24, 2.45) is 5.73 Å². The van der Waals surface area contributed by atoms with Crippen molar-refractivity contribution in [3.05, 3.63) is 35.9 Å². The third-order valence-electron chi connectivity index (χ3n) is 2.03. The van der Waals surface area contributed by atoms with E-state index in [9.17, 15) is 0 Å². The Morgan fingerprint density at radius 3 is 2.64 bits per heavy atom. The van der Waals surface area contributed by atoms with Gasteiger partial charge in [0.05, 0.1) is 12.5 Å². The maximum absolute atomic E-state index is 8.68. The largest absolute Gasteiger partial charge is 0.329 e. The first kappa shape index (κ1) is 10.7. The number of nitriles is 1. The van der Waals surface area contributed by atoms with Crippen molar-refractivity contribution in [1.29, 1.82) is 5.26 Å². The molecule has 0 bridgehead atoms. The highest BCUT2D eigenvalue weighted by Gasteiger charge is 2.08. The minimum absolute atomic E-state index is 0.102. The number of hydrogen-bond acceptors (Lipinski definition) is 3. The lowest BCUT2D eigenvalue weighted by molar-refractivity contribution is 0.550. The molecule has 0 spiro atoms. The van der Waals surface area contributed by atoms with Crippen molar-refractivity contribution in [1.82, 2.24) is 5.32 Å². The van der Waals surface area contributed by atoms with Gasteiger partial charge in [-0.05, 0) is 5.56 Å². The van der Waals surface area contributed by atoms with Gasteiger partial charge in [0.2, 0.25) is 0 Å². The van der Waals surface area contributed by atoms with Gasteiger partial charge in [-0.25, -0.2) is 0 Å². The van der Waals surface area contributed by atoms with Crippen LogP contribution in [-0.2, 0) is 0 Å². The third kappa shape index (κ3) is 3.17. The van der Waals surface area contributed by atoms with E-state index in [0.29, 0.717) is 13.0 Å². The molecule has 3 N–H and O–H groups in total. The number of rotatable bonds is 5. The van der Waals surface area contributed by atoms with Crippen LogP contribution in [0.4, 0.5) is 0 Å². The third-order valence-corrected chi connectivity index (χ3v) is 2.03. The first-order valence-corrected chi connectivity index (χ1v) is 4.74. The standard InChI is InChI=1S/C11H15N3/c12-7-6-11(14-9-8-13)10-4-2-1-3-5-10/h1-5,11,14H,6,8-9,13H2. The normalized spacial score (nSPS) is 12.0. The predicted molar refractivity (Wildman–Crippen MR) is 56.5 cm³/mol. The molecule has 0 radical (unpaired) electrons. The van der Waals surface area contributed by atoms with E-state index in [2.05, 4.69) is 11.4 Å². The Balaban J connectivity index is 2.63. The molecule has 1 unspecified atom stereocenters. The molecule has 74 valence electrons. The Morgan fingerprint density at radius 1 is 1.36 bits per heavy atom. The minimum atomic E-state index is 0.102. The molecule has 0 amide bonds. The smallest absolute Gasteiger partial charge is 0.0641 e. The van der Waals surface area contributed by atoms with E-state index in [1.54, 1.807) is 0 Å². The molecule has 3 nitrogen and oxygen atoms in total. The fourth-order valence-corrected chi connectivity index (χ4v) is 1.34. The molecule has 0 aliphatic carbocycles. The average Bonchev–Trinajstić information content (AvgIpc) is 2.25. The van der Waals surface area contributed by atoms with Gasteiger partial charge >= 0.3 is 0 Å². The average molecular weight is 189 g/mol. The van der Waals surface area contributed by atoms with Crippen molar-refractivity contribution in [2.45, 2.75) is 12.5 Å². The SMILES string of the molecule is N#CCC(NCCN)c1ccccc1. The van der Waals surface area contributed by atoms with Gasteiger partial charge in [-0.3, -0.25) is 0 Å². The molecule has 0 aliphatic heterocycles. The van der Waals surface area contributed by atoms with Gasteiger partial charge in [0.15, 0.2) is 0 Å². The maximum atomic E-state index is 8.68. The van der Waals surface area contributed by atoms with Crippen molar-refractivity contribution >= 4 is 0 Å². The highest BCUT2D eigenvalue weighted by Crippen LogP contribution is 2.14. The van der Waals surface area contributed by atoms with Gasteiger partial charge in [-0.1, -0.05) is 30.3 Å². The molecule has 0 aromatic heterocycles. The van der Waals surface area contributed by atoms with E-state index in [1.807, 2.05) is 30.3 Å². The molecule has 1 rings (SSSR count). The van der Waals surface area contributed by atoms with Gasteiger partial charge in [0.1, 0.15) is 0 Å². The zero-order valence-corrected chi connectivity index (χ0v) is 8.11. The first-order chi connectivity index (χ1) is 6.88. The van der Waals surface area contributed by atoms with Crippen LogP contribution in [0, 0.1) is 11.3 Å². The van der Waals surface area contributed by atoms with E-state index in [1.165, 1.54) is 0 Å². The number of nitrogens with two attached hydrogens (primary N) is 1. The lowest BCUT2D eigenvalue weighted by atomic mass is 10.0. The molecule has 1 aromatic carbocycles. The topological polar surface area (TPSA) is 61.8 Å².